The molecule has 3 N–H and O–H groups in total. The molecule has 27 heavy (non-hydrogen) atoms. The van der Waals surface area contributed by atoms with Gasteiger partial charge in [-0.1, -0.05) is 0 Å². The summed E-state index contributed by atoms with van der Waals surface area (Å²) in [7, 11) is 1.66. The van der Waals surface area contributed by atoms with Crippen molar-refractivity contribution >= 4 is 28.7 Å². The van der Waals surface area contributed by atoms with Crippen LogP contribution < -0.4 is 10.6 Å². The Morgan fingerprint density at radius 1 is 1.22 bits per heavy atom. The summed E-state index contributed by atoms with van der Waals surface area (Å²) in [5.74, 6) is 0.124. The van der Waals surface area contributed by atoms with Gasteiger partial charge in [-0.25, -0.2) is 4.39 Å². The van der Waals surface area contributed by atoms with Gasteiger partial charge in [0.2, 0.25) is 11.8 Å². The van der Waals surface area contributed by atoms with E-state index in [4.69, 9.17) is 0 Å². The first-order valence-corrected chi connectivity index (χ1v) is 9.11. The zero-order chi connectivity index (χ0) is 19.2. The monoisotopic (exact) mass is 373 g/mol. The number of amides is 2. The number of benzene rings is 1. The van der Waals surface area contributed by atoms with Gasteiger partial charge in [0.15, 0.2) is 5.96 Å². The van der Waals surface area contributed by atoms with E-state index < -0.39 is 0 Å². The van der Waals surface area contributed by atoms with E-state index >= 15 is 0 Å². The number of hydrogen-bond donors (Lipinski definition) is 3. The molecular weight excluding hydrogens is 349 g/mol. The van der Waals surface area contributed by atoms with Crippen molar-refractivity contribution in [2.75, 3.05) is 26.7 Å². The number of aromatic nitrogens is 1. The molecule has 1 aliphatic heterocycles. The molecule has 3 rings (SSSR count). The van der Waals surface area contributed by atoms with E-state index in [2.05, 4.69) is 20.6 Å². The van der Waals surface area contributed by atoms with Crippen LogP contribution in [0.1, 0.15) is 24.8 Å². The highest BCUT2D eigenvalue weighted by Gasteiger charge is 2.25. The van der Waals surface area contributed by atoms with Crippen molar-refractivity contribution in [3.05, 3.63) is 35.8 Å². The van der Waals surface area contributed by atoms with Gasteiger partial charge < -0.3 is 15.6 Å². The highest BCUT2D eigenvalue weighted by Crippen LogP contribution is 2.19. The topological polar surface area (TPSA) is 89.6 Å². The smallest absolute Gasteiger partial charge is 0.229 e. The number of likely N-dealkylation sites (tertiary alicyclic amines) is 1. The number of fused-ring (bicyclic) bond motifs is 1. The third kappa shape index (κ3) is 4.64. The van der Waals surface area contributed by atoms with E-state index in [1.807, 2.05) is 6.20 Å². The molecule has 0 spiro atoms. The van der Waals surface area contributed by atoms with Gasteiger partial charge in [0, 0.05) is 56.6 Å². The largest absolute Gasteiger partial charge is 0.361 e. The summed E-state index contributed by atoms with van der Waals surface area (Å²) in [4.78, 5) is 32.2. The van der Waals surface area contributed by atoms with E-state index in [1.54, 1.807) is 13.1 Å². The summed E-state index contributed by atoms with van der Waals surface area (Å²) < 4.78 is 13.4. The maximum atomic E-state index is 13.4. The SMILES string of the molecule is CN=C(NCCc1c[nH]c2ccc(F)cc12)NCCN1C(=O)CCCC1=O. The Hall–Kier alpha value is -2.90. The van der Waals surface area contributed by atoms with Gasteiger partial charge in [0.25, 0.3) is 0 Å². The summed E-state index contributed by atoms with van der Waals surface area (Å²) in [6.07, 6.45) is 4.10. The number of H-pyrrole nitrogens is 1. The average Bonchev–Trinajstić information content (AvgIpc) is 3.05. The van der Waals surface area contributed by atoms with Crippen molar-refractivity contribution in [1.82, 2.24) is 20.5 Å². The second-order valence-electron chi connectivity index (χ2n) is 6.47. The predicted octanol–water partition coefficient (Wildman–Crippen LogP) is 1.55. The highest BCUT2D eigenvalue weighted by molar-refractivity contribution is 5.97. The van der Waals surface area contributed by atoms with Crippen molar-refractivity contribution in [2.24, 2.45) is 4.99 Å². The second kappa shape index (κ2) is 8.66. The average molecular weight is 373 g/mol. The van der Waals surface area contributed by atoms with Gasteiger partial charge >= 0.3 is 0 Å². The van der Waals surface area contributed by atoms with Crippen molar-refractivity contribution in [2.45, 2.75) is 25.7 Å². The number of aliphatic imine (C=N–C) groups is 1. The molecule has 1 aromatic heterocycles. The molecule has 8 heteroatoms. The van der Waals surface area contributed by atoms with Gasteiger partial charge in [0.05, 0.1) is 0 Å². The molecule has 1 fully saturated rings. The van der Waals surface area contributed by atoms with Crippen LogP contribution in [-0.4, -0.2) is 54.3 Å². The molecule has 0 saturated carbocycles. The first-order chi connectivity index (χ1) is 13.1. The summed E-state index contributed by atoms with van der Waals surface area (Å²) in [6.45, 7) is 1.39. The summed E-state index contributed by atoms with van der Waals surface area (Å²) in [5.41, 5.74) is 1.93. The number of carbonyl (C=O) groups excluding carboxylic acids is 2. The minimum Gasteiger partial charge on any atom is -0.361 e. The molecule has 1 aliphatic rings. The van der Waals surface area contributed by atoms with Gasteiger partial charge in [-0.05, 0) is 36.6 Å². The Morgan fingerprint density at radius 3 is 2.70 bits per heavy atom. The lowest BCUT2D eigenvalue weighted by Gasteiger charge is -2.25. The van der Waals surface area contributed by atoms with Crippen molar-refractivity contribution in [3.8, 4) is 0 Å². The molecule has 0 bridgehead atoms. The maximum absolute atomic E-state index is 13.4. The van der Waals surface area contributed by atoms with E-state index in [-0.39, 0.29) is 17.6 Å². The lowest BCUT2D eigenvalue weighted by Crippen LogP contribution is -2.46. The predicted molar refractivity (Wildman–Crippen MR) is 102 cm³/mol. The van der Waals surface area contributed by atoms with Crippen LogP contribution in [0.2, 0.25) is 0 Å². The van der Waals surface area contributed by atoms with E-state index in [9.17, 15) is 14.0 Å². The number of piperidine rings is 1. The third-order valence-electron chi connectivity index (χ3n) is 4.65. The van der Waals surface area contributed by atoms with Crippen molar-refractivity contribution in [1.29, 1.82) is 0 Å². The number of nitrogens with one attached hydrogen (secondary N) is 3. The summed E-state index contributed by atoms with van der Waals surface area (Å²) in [5, 5.41) is 7.18. The molecule has 0 aliphatic carbocycles. The zero-order valence-electron chi connectivity index (χ0n) is 15.3. The molecule has 144 valence electrons. The summed E-state index contributed by atoms with van der Waals surface area (Å²) >= 11 is 0. The van der Waals surface area contributed by atoms with Crippen LogP contribution in [-0.2, 0) is 16.0 Å². The Bertz CT molecular complexity index is 845. The minimum atomic E-state index is -0.254. The first kappa shape index (κ1) is 18.9. The molecule has 2 amide bonds. The number of hydrogen-bond acceptors (Lipinski definition) is 3. The normalized spacial score (nSPS) is 15.5. The highest BCUT2D eigenvalue weighted by atomic mass is 19.1. The fraction of sp³-hybridized carbons (Fsp3) is 0.421. The number of imide groups is 1. The van der Waals surface area contributed by atoms with Gasteiger partial charge in [-0.2, -0.15) is 0 Å². The van der Waals surface area contributed by atoms with Crippen LogP contribution >= 0.6 is 0 Å². The number of halogens is 1. The summed E-state index contributed by atoms with van der Waals surface area (Å²) in [6, 6.07) is 4.69. The number of guanidine groups is 1. The van der Waals surface area contributed by atoms with Gasteiger partial charge in [-0.3, -0.25) is 19.5 Å². The Kier molecular flexibility index (Phi) is 6.05. The van der Waals surface area contributed by atoms with Crippen LogP contribution in [0.5, 0.6) is 0 Å². The van der Waals surface area contributed by atoms with Crippen LogP contribution in [0.4, 0.5) is 4.39 Å². The molecular formula is C19H24FN5O2. The van der Waals surface area contributed by atoms with Crippen LogP contribution in [0, 0.1) is 5.82 Å². The molecule has 2 heterocycles. The zero-order valence-corrected chi connectivity index (χ0v) is 15.3. The molecule has 1 saturated heterocycles. The van der Waals surface area contributed by atoms with E-state index in [1.165, 1.54) is 17.0 Å². The van der Waals surface area contributed by atoms with E-state index in [0.717, 1.165) is 16.5 Å². The Labute approximate surface area is 157 Å². The number of nitrogens with zero attached hydrogens (tertiary/aromatic N) is 2. The van der Waals surface area contributed by atoms with Crippen LogP contribution in [0.15, 0.2) is 29.4 Å². The van der Waals surface area contributed by atoms with Crippen molar-refractivity contribution < 1.29 is 14.0 Å². The van der Waals surface area contributed by atoms with E-state index in [0.29, 0.717) is 51.3 Å². The third-order valence-corrected chi connectivity index (χ3v) is 4.65. The number of rotatable bonds is 6. The quantitative estimate of drug-likeness (QED) is 0.407. The fourth-order valence-electron chi connectivity index (χ4n) is 3.23. The number of carbonyl (C=O) groups is 2. The maximum Gasteiger partial charge on any atom is 0.229 e. The van der Waals surface area contributed by atoms with Crippen LogP contribution in [0.25, 0.3) is 10.9 Å². The minimum absolute atomic E-state index is 0.109. The van der Waals surface area contributed by atoms with Crippen LogP contribution in [0.3, 0.4) is 0 Å². The Morgan fingerprint density at radius 2 is 1.96 bits per heavy atom. The van der Waals surface area contributed by atoms with Gasteiger partial charge in [-0.15, -0.1) is 0 Å². The first-order valence-electron chi connectivity index (χ1n) is 9.11. The van der Waals surface area contributed by atoms with Gasteiger partial charge in [0.1, 0.15) is 5.82 Å². The second-order valence-corrected chi connectivity index (χ2v) is 6.47. The number of aromatic amines is 1. The Balaban J connectivity index is 1.45. The molecule has 7 nitrogen and oxygen atoms in total. The van der Waals surface area contributed by atoms with Crippen molar-refractivity contribution in [3.63, 3.8) is 0 Å². The molecule has 0 radical (unpaired) electrons. The lowest BCUT2D eigenvalue weighted by atomic mass is 10.1. The standard InChI is InChI=1S/C19H24FN5O2/c1-21-19(23-9-10-25-17(26)3-2-4-18(25)27)22-8-7-13-12-24-16-6-5-14(20)11-15(13)16/h5-6,11-12,24H,2-4,7-10H2,1H3,(H2,21,22,23). The lowest BCUT2D eigenvalue weighted by molar-refractivity contribution is -0.147. The molecule has 2 aromatic rings. The fourth-order valence-corrected chi connectivity index (χ4v) is 3.23. The molecule has 0 atom stereocenters. The molecule has 1 aromatic carbocycles. The molecule has 0 unspecified atom stereocenters.